The van der Waals surface area contributed by atoms with E-state index in [4.69, 9.17) is 18.9 Å². The average Bonchev–Trinajstić information content (AvgIpc) is 2.98. The molecule has 0 saturated heterocycles. The van der Waals surface area contributed by atoms with E-state index in [-0.39, 0.29) is 12.8 Å². The van der Waals surface area contributed by atoms with Gasteiger partial charge in [0.05, 0.1) is 52.1 Å². The first-order chi connectivity index (χ1) is 22.7. The number of esters is 4. The molecule has 0 bridgehead atoms. The fourth-order valence-electron chi connectivity index (χ4n) is 3.25. The number of hydrogen-bond acceptors (Lipinski definition) is 14. The molecule has 2 aromatic rings. The maximum atomic E-state index is 11.4. The third-order valence-corrected chi connectivity index (χ3v) is 7.89. The predicted molar refractivity (Wildman–Crippen MR) is 179 cm³/mol. The molecular formula is C32H50N2O14S2. The molecule has 0 N–H and O–H groups in total. The molecule has 0 aromatic heterocycles. The molecule has 0 saturated carbocycles. The minimum absolute atomic E-state index is 0.260. The van der Waals surface area contributed by atoms with Gasteiger partial charge in [0.2, 0.25) is 0 Å². The van der Waals surface area contributed by atoms with Crippen molar-refractivity contribution in [2.45, 2.75) is 62.5 Å². The van der Waals surface area contributed by atoms with E-state index in [0.717, 1.165) is 46.3 Å². The number of likely N-dealkylation sites (N-methyl/N-ethyl adjacent to an activating group) is 2. The number of fused-ring (bicyclic) bond motifs is 1. The Morgan fingerprint density at radius 3 is 1.16 bits per heavy atom. The second-order valence-electron chi connectivity index (χ2n) is 12.9. The lowest BCUT2D eigenvalue weighted by Crippen LogP contribution is -2.39. The quantitative estimate of drug-likeness (QED) is 0.116. The zero-order valence-corrected chi connectivity index (χ0v) is 31.9. The summed E-state index contributed by atoms with van der Waals surface area (Å²) in [4.78, 5) is 43.8. The van der Waals surface area contributed by atoms with Crippen molar-refractivity contribution >= 4 is 54.9 Å². The van der Waals surface area contributed by atoms with Crippen LogP contribution in [0.2, 0.25) is 0 Å². The van der Waals surface area contributed by atoms with Crippen LogP contribution in [-0.2, 0) is 58.4 Å². The maximum absolute atomic E-state index is 11.4. The molecule has 0 amide bonds. The molecule has 0 aliphatic carbocycles. The van der Waals surface area contributed by atoms with Crippen molar-refractivity contribution in [3.05, 3.63) is 36.4 Å². The van der Waals surface area contributed by atoms with Crippen LogP contribution in [-0.4, -0.2) is 140 Å². The number of nitrogens with zero attached hydrogens (tertiary/aromatic N) is 2. The summed E-state index contributed by atoms with van der Waals surface area (Å²) in [7, 11) is 2.92. The highest BCUT2D eigenvalue weighted by Gasteiger charge is 2.20. The van der Waals surface area contributed by atoms with E-state index in [1.807, 2.05) is 42.3 Å². The van der Waals surface area contributed by atoms with E-state index in [9.17, 15) is 45.1 Å². The number of hydrogen-bond donors (Lipinski definition) is 0. The Morgan fingerprint density at radius 2 is 0.920 bits per heavy atom. The minimum Gasteiger partial charge on any atom is -0.744 e. The van der Waals surface area contributed by atoms with Gasteiger partial charge in [-0.3, -0.25) is 9.59 Å². The van der Waals surface area contributed by atoms with Crippen molar-refractivity contribution < 1.29 is 73.0 Å². The fraction of sp³-hybridized carbons (Fsp3) is 0.562. The van der Waals surface area contributed by atoms with E-state index in [0.29, 0.717) is 24.0 Å². The van der Waals surface area contributed by atoms with Crippen LogP contribution in [0.15, 0.2) is 46.2 Å². The van der Waals surface area contributed by atoms with Gasteiger partial charge in [-0.1, -0.05) is 26.0 Å². The third-order valence-electron chi connectivity index (χ3n) is 6.23. The van der Waals surface area contributed by atoms with Gasteiger partial charge < -0.3 is 37.0 Å². The lowest BCUT2D eigenvalue weighted by atomic mass is 10.1. The summed E-state index contributed by atoms with van der Waals surface area (Å²) >= 11 is 0. The molecule has 2 rings (SSSR count). The molecule has 50 heavy (non-hydrogen) atoms. The van der Waals surface area contributed by atoms with Crippen molar-refractivity contribution in [1.82, 2.24) is 0 Å². The van der Waals surface area contributed by atoms with Gasteiger partial charge in [0, 0.05) is 12.8 Å². The van der Waals surface area contributed by atoms with Crippen LogP contribution in [0, 0.1) is 0 Å². The van der Waals surface area contributed by atoms with E-state index < -0.39 is 66.1 Å². The Bertz CT molecular complexity index is 1540. The van der Waals surface area contributed by atoms with Crippen molar-refractivity contribution in [2.24, 2.45) is 0 Å². The van der Waals surface area contributed by atoms with Crippen LogP contribution < -0.4 is 0 Å². The molecule has 2 atom stereocenters. The summed E-state index contributed by atoms with van der Waals surface area (Å²) in [5.41, 5.74) is 0. The molecule has 0 aliphatic heterocycles. The van der Waals surface area contributed by atoms with Gasteiger partial charge in [-0.05, 0) is 48.9 Å². The molecule has 284 valence electrons. The molecular weight excluding hydrogens is 700 g/mol. The Kier molecular flexibility index (Phi) is 18.7. The fourth-order valence-corrected chi connectivity index (χ4v) is 4.26. The Labute approximate surface area is 294 Å². The van der Waals surface area contributed by atoms with Crippen LogP contribution >= 0.6 is 0 Å². The van der Waals surface area contributed by atoms with E-state index in [2.05, 4.69) is 0 Å². The summed E-state index contributed by atoms with van der Waals surface area (Å²) in [6.07, 6.45) is -1.12. The van der Waals surface area contributed by atoms with Gasteiger partial charge in [-0.25, -0.2) is 26.4 Å². The van der Waals surface area contributed by atoms with Gasteiger partial charge in [0.1, 0.15) is 46.5 Å². The zero-order valence-electron chi connectivity index (χ0n) is 30.3. The highest BCUT2D eigenvalue weighted by Crippen LogP contribution is 2.22. The Hall–Kier alpha value is -3.68. The molecule has 2 unspecified atom stereocenters. The number of ether oxygens (including phenoxy) is 4. The number of benzene rings is 2. The van der Waals surface area contributed by atoms with Crippen LogP contribution in [0.25, 0.3) is 10.8 Å². The zero-order chi connectivity index (χ0) is 39.1. The normalized spacial score (nSPS) is 13.0. The number of carbonyl (C=O) groups excluding carboxylic acids is 4. The van der Waals surface area contributed by atoms with Crippen molar-refractivity contribution in [3.63, 3.8) is 0 Å². The summed E-state index contributed by atoms with van der Waals surface area (Å²) in [5, 5.41) is 0.721. The lowest BCUT2D eigenvalue weighted by molar-refractivity contribution is -0.870. The lowest BCUT2D eigenvalue weighted by Gasteiger charge is -2.23. The molecule has 0 fully saturated rings. The van der Waals surface area contributed by atoms with Crippen molar-refractivity contribution in [1.29, 1.82) is 0 Å². The predicted octanol–water partition coefficient (Wildman–Crippen LogP) is 1.80. The largest absolute Gasteiger partial charge is 0.744 e. The van der Waals surface area contributed by atoms with Crippen LogP contribution in [0.4, 0.5) is 0 Å². The highest BCUT2D eigenvalue weighted by atomic mass is 32.2. The molecule has 2 aromatic carbocycles. The summed E-state index contributed by atoms with van der Waals surface area (Å²) < 4.78 is 85.9. The van der Waals surface area contributed by atoms with Gasteiger partial charge in [0.15, 0.2) is 12.2 Å². The smallest absolute Gasteiger partial charge is 0.347 e. The first-order valence-corrected chi connectivity index (χ1v) is 18.3. The molecule has 0 radical (unpaired) electrons. The number of rotatable bonds is 14. The van der Waals surface area contributed by atoms with Crippen LogP contribution in [0.1, 0.15) is 40.5 Å². The first-order valence-electron chi connectivity index (χ1n) is 15.5. The Morgan fingerprint density at radius 1 is 0.620 bits per heavy atom. The van der Waals surface area contributed by atoms with Crippen LogP contribution in [0.5, 0.6) is 0 Å². The minimum atomic E-state index is -4.56. The first kappa shape index (κ1) is 46.3. The third kappa shape index (κ3) is 20.1. The monoisotopic (exact) mass is 750 g/mol. The number of carbonyl (C=O) groups is 4. The number of quaternary nitrogens is 2. The summed E-state index contributed by atoms with van der Waals surface area (Å²) in [6, 6.07) is 6.92. The van der Waals surface area contributed by atoms with Gasteiger partial charge >= 0.3 is 23.9 Å². The van der Waals surface area contributed by atoms with Gasteiger partial charge in [-0.2, -0.15) is 0 Å². The average molecular weight is 751 g/mol. The maximum Gasteiger partial charge on any atom is 0.347 e. The standard InChI is InChI=1S/2C11H22NO4.C10H8O6S2/c2*1-6-10(13)16-9(2)11(14)15-8-7-12(3,4)5;11-17(12,13)9-3-1-7-5-10(18(14,15)16)4-2-8(7)6-9/h2*9H,6-8H2,1-5H3;1-6H,(H,11,12,13)(H,14,15,16)/q2*+1;/p-2. The van der Waals surface area contributed by atoms with Gasteiger partial charge in [0.25, 0.3) is 0 Å². The Balaban J connectivity index is 0.000000723. The van der Waals surface area contributed by atoms with E-state index in [1.165, 1.54) is 26.0 Å². The SMILES string of the molecule is CCC(=O)OC(C)C(=O)OCC[N+](C)(C)C.CCC(=O)OC(C)C(=O)OCC[N+](C)(C)C.O=S(=O)([O-])c1ccc2cc(S(=O)(=O)[O-])ccc2c1. The summed E-state index contributed by atoms with van der Waals surface area (Å²) in [6.45, 7) is 8.49. The van der Waals surface area contributed by atoms with Crippen molar-refractivity contribution in [3.8, 4) is 0 Å². The second-order valence-corrected chi connectivity index (χ2v) is 15.7. The second kappa shape index (κ2) is 20.2. The molecule has 0 aliphatic rings. The topological polar surface area (TPSA) is 220 Å². The van der Waals surface area contributed by atoms with Crippen molar-refractivity contribution in [2.75, 3.05) is 68.6 Å². The summed E-state index contributed by atoms with van der Waals surface area (Å²) in [5.74, 6) is -1.77. The van der Waals surface area contributed by atoms with E-state index in [1.54, 1.807) is 13.8 Å². The molecule has 0 heterocycles. The highest BCUT2D eigenvalue weighted by molar-refractivity contribution is 7.86. The van der Waals surface area contributed by atoms with E-state index >= 15 is 0 Å². The van der Waals surface area contributed by atoms with Crippen LogP contribution in [0.3, 0.4) is 0 Å². The molecule has 0 spiro atoms. The van der Waals surface area contributed by atoms with Gasteiger partial charge in [-0.15, -0.1) is 0 Å². The molecule has 18 heteroatoms. The molecule has 16 nitrogen and oxygen atoms in total.